The minimum atomic E-state index is -4.97. The van der Waals surface area contributed by atoms with Gasteiger partial charge in [0.1, 0.15) is 19.3 Å². The molecule has 0 amide bonds. The maximum absolute atomic E-state index is 13.2. The third kappa shape index (κ3) is 81.2. The summed E-state index contributed by atoms with van der Waals surface area (Å²) in [7, 11) is -9.94. The van der Waals surface area contributed by atoms with Gasteiger partial charge in [0, 0.05) is 25.7 Å². The van der Waals surface area contributed by atoms with E-state index in [1.54, 1.807) is 0 Å². The second-order valence-corrected chi connectivity index (χ2v) is 36.6. The zero-order valence-corrected chi connectivity index (χ0v) is 74.5. The molecule has 0 heterocycles. The number of aliphatic hydroxyl groups is 1. The summed E-state index contributed by atoms with van der Waals surface area (Å²) in [6.45, 7) is 12.1. The van der Waals surface area contributed by atoms with E-state index < -0.39 is 97.5 Å². The molecule has 110 heavy (non-hydrogen) atoms. The average molecular weight is 1610 g/mol. The molecule has 7 atom stereocenters. The first-order chi connectivity index (χ1) is 53.3. The maximum atomic E-state index is 13.2. The van der Waals surface area contributed by atoms with E-state index in [0.717, 1.165) is 108 Å². The summed E-state index contributed by atoms with van der Waals surface area (Å²) in [5, 5.41) is 10.7. The predicted molar refractivity (Wildman–Crippen MR) is 455 cm³/mol. The molecule has 0 aromatic carbocycles. The maximum Gasteiger partial charge on any atom is 0.472 e. The Hall–Kier alpha value is -1.94. The summed E-state index contributed by atoms with van der Waals surface area (Å²) in [5.41, 5.74) is 0. The smallest absolute Gasteiger partial charge is 0.462 e. The van der Waals surface area contributed by atoms with E-state index in [4.69, 9.17) is 37.0 Å². The molecule has 0 aromatic heterocycles. The minimum absolute atomic E-state index is 0.107. The van der Waals surface area contributed by atoms with E-state index in [1.165, 1.54) is 295 Å². The quantitative estimate of drug-likeness (QED) is 0.0222. The van der Waals surface area contributed by atoms with Gasteiger partial charge in [-0.2, -0.15) is 0 Å². The lowest BCUT2D eigenvalue weighted by Gasteiger charge is -2.21. The van der Waals surface area contributed by atoms with Crippen LogP contribution in [0.4, 0.5) is 0 Å². The number of esters is 4. The monoisotopic (exact) mass is 1610 g/mol. The van der Waals surface area contributed by atoms with Crippen LogP contribution in [0.3, 0.4) is 0 Å². The number of aliphatic hydroxyl groups excluding tert-OH is 1. The molecule has 654 valence electrons. The van der Waals surface area contributed by atoms with Crippen LogP contribution in [0.2, 0.25) is 0 Å². The van der Waals surface area contributed by atoms with Crippen molar-refractivity contribution in [2.24, 2.45) is 17.8 Å². The van der Waals surface area contributed by atoms with Gasteiger partial charge in [0.15, 0.2) is 12.2 Å². The number of phosphoric ester groups is 2. The van der Waals surface area contributed by atoms with Crippen molar-refractivity contribution in [3.8, 4) is 0 Å². The normalized spacial score (nSPS) is 14.3. The highest BCUT2D eigenvalue weighted by Crippen LogP contribution is 2.45. The van der Waals surface area contributed by atoms with Crippen molar-refractivity contribution in [1.29, 1.82) is 0 Å². The number of hydrogen-bond donors (Lipinski definition) is 3. The summed E-state index contributed by atoms with van der Waals surface area (Å²) in [6, 6.07) is 0. The molecule has 0 aliphatic carbocycles. The molecule has 0 aliphatic rings. The molecule has 17 nitrogen and oxygen atoms in total. The Kier molecular flexibility index (Phi) is 79.4. The van der Waals surface area contributed by atoms with Crippen LogP contribution in [0, 0.1) is 17.8 Å². The topological polar surface area (TPSA) is 237 Å². The van der Waals surface area contributed by atoms with Gasteiger partial charge >= 0.3 is 39.5 Å². The molecule has 0 spiro atoms. The zero-order chi connectivity index (χ0) is 80.8. The molecule has 0 saturated carbocycles. The van der Waals surface area contributed by atoms with Crippen molar-refractivity contribution >= 4 is 39.5 Å². The van der Waals surface area contributed by atoms with Crippen LogP contribution < -0.4 is 0 Å². The molecule has 4 unspecified atom stereocenters. The number of phosphoric acid groups is 2. The molecule has 0 aliphatic heterocycles. The molecule has 0 rings (SSSR count). The first-order valence-corrected chi connectivity index (χ1v) is 49.9. The predicted octanol–water partition coefficient (Wildman–Crippen LogP) is 28.0. The molecule has 0 radical (unpaired) electrons. The molecular formula is C91H178O17P2. The van der Waals surface area contributed by atoms with Crippen molar-refractivity contribution in [1.82, 2.24) is 0 Å². The average Bonchev–Trinajstić information content (AvgIpc) is 0.895. The van der Waals surface area contributed by atoms with Crippen LogP contribution in [0.25, 0.3) is 0 Å². The Balaban J connectivity index is 5.25. The van der Waals surface area contributed by atoms with Gasteiger partial charge in [0.2, 0.25) is 0 Å². The van der Waals surface area contributed by atoms with Crippen molar-refractivity contribution in [3.05, 3.63) is 0 Å². The van der Waals surface area contributed by atoms with Gasteiger partial charge in [-0.05, 0) is 43.4 Å². The third-order valence-electron chi connectivity index (χ3n) is 22.1. The summed E-state index contributed by atoms with van der Waals surface area (Å²) in [6.07, 6.45) is 73.6. The Morgan fingerprint density at radius 2 is 0.464 bits per heavy atom. The van der Waals surface area contributed by atoms with E-state index in [0.29, 0.717) is 25.7 Å². The fraction of sp³-hybridized carbons (Fsp3) is 0.956. The molecule has 0 saturated heterocycles. The fourth-order valence-electron chi connectivity index (χ4n) is 14.2. The minimum Gasteiger partial charge on any atom is -0.462 e. The van der Waals surface area contributed by atoms with Gasteiger partial charge < -0.3 is 33.8 Å². The zero-order valence-electron chi connectivity index (χ0n) is 72.7. The lowest BCUT2D eigenvalue weighted by Crippen LogP contribution is -2.30. The molecule has 0 aromatic rings. The van der Waals surface area contributed by atoms with Crippen LogP contribution in [-0.4, -0.2) is 96.7 Å². The van der Waals surface area contributed by atoms with E-state index in [-0.39, 0.29) is 25.7 Å². The summed E-state index contributed by atoms with van der Waals surface area (Å²) >= 11 is 0. The second-order valence-electron chi connectivity index (χ2n) is 33.7. The van der Waals surface area contributed by atoms with Crippen LogP contribution in [0.15, 0.2) is 0 Å². The molecule has 19 heteroatoms. The largest absolute Gasteiger partial charge is 0.472 e. The number of ether oxygens (including phenoxy) is 4. The fourth-order valence-corrected chi connectivity index (χ4v) is 15.8. The lowest BCUT2D eigenvalue weighted by atomic mass is 9.99. The summed E-state index contributed by atoms with van der Waals surface area (Å²) in [5.74, 6) is 0.330. The number of hydrogen-bond acceptors (Lipinski definition) is 15. The molecule has 0 bridgehead atoms. The van der Waals surface area contributed by atoms with Crippen molar-refractivity contribution in [2.45, 2.75) is 503 Å². The Morgan fingerprint density at radius 3 is 0.691 bits per heavy atom. The molecule has 0 fully saturated rings. The first kappa shape index (κ1) is 108. The third-order valence-corrected chi connectivity index (χ3v) is 24.0. The van der Waals surface area contributed by atoms with Crippen LogP contribution in [0.1, 0.15) is 485 Å². The summed E-state index contributed by atoms with van der Waals surface area (Å²) in [4.78, 5) is 73.4. The SMILES string of the molecule is CCCCCCCCCCCCCCCCCCCCCCCCC(=O)O[C@H](COC(=O)CCCCCCCCCCCCCCCCCC(C)C)COP(=O)(O)OC[C@@H](O)COP(=O)(O)OC[C@@H](COC(=O)CCCCCCCCCCC(C)CC)OC(=O)CCCCCCCCCCCCCCCCC(C)CC. The van der Waals surface area contributed by atoms with Gasteiger partial charge in [-0.15, -0.1) is 0 Å². The van der Waals surface area contributed by atoms with E-state index in [2.05, 4.69) is 48.5 Å². The van der Waals surface area contributed by atoms with E-state index >= 15 is 0 Å². The van der Waals surface area contributed by atoms with Crippen LogP contribution in [-0.2, 0) is 65.4 Å². The van der Waals surface area contributed by atoms with Gasteiger partial charge in [-0.1, -0.05) is 434 Å². The Bertz CT molecular complexity index is 2120. The Morgan fingerprint density at radius 1 is 0.264 bits per heavy atom. The van der Waals surface area contributed by atoms with Crippen LogP contribution in [0.5, 0.6) is 0 Å². The lowest BCUT2D eigenvalue weighted by molar-refractivity contribution is -0.161. The molecular weight excluding hydrogens is 1430 g/mol. The number of carbonyl (C=O) groups excluding carboxylic acids is 4. The van der Waals surface area contributed by atoms with Crippen LogP contribution >= 0.6 is 15.6 Å². The van der Waals surface area contributed by atoms with Gasteiger partial charge in [-0.3, -0.25) is 37.3 Å². The van der Waals surface area contributed by atoms with Gasteiger partial charge in [0.25, 0.3) is 0 Å². The highest BCUT2D eigenvalue weighted by Gasteiger charge is 2.31. The second kappa shape index (κ2) is 80.8. The van der Waals surface area contributed by atoms with Crippen molar-refractivity contribution in [3.63, 3.8) is 0 Å². The standard InChI is InChI=1S/C91H178O17P2/c1-8-11-12-13-14-15-16-17-18-19-20-21-22-23-24-27-34-39-44-53-60-67-74-90(95)107-86(78-101-88(93)72-65-58-51-43-38-33-28-25-26-31-36-41-48-55-62-69-82(4)5)80-105-109(97,98)103-76-85(92)77-104-110(99,100)106-81-87(79-102-89(94)73-66-59-52-47-46-50-57-64-71-84(7)10-3)108-91(96)75-68-61-54-45-40-35-30-29-32-37-42-49-56-63-70-83(6)9-2/h82-87,92H,8-81H2,1-7H3,(H,97,98)(H,99,100)/t83?,84?,85-,86-,87-/m1/s1. The van der Waals surface area contributed by atoms with Gasteiger partial charge in [-0.25, -0.2) is 9.13 Å². The number of carbonyl (C=O) groups is 4. The first-order valence-electron chi connectivity index (χ1n) is 46.9. The van der Waals surface area contributed by atoms with E-state index in [9.17, 15) is 43.2 Å². The van der Waals surface area contributed by atoms with E-state index in [1.807, 2.05) is 0 Å². The molecule has 3 N–H and O–H groups in total. The highest BCUT2D eigenvalue weighted by molar-refractivity contribution is 7.47. The Labute approximate surface area is 677 Å². The number of rotatable bonds is 89. The van der Waals surface area contributed by atoms with Crippen molar-refractivity contribution < 1.29 is 80.2 Å². The highest BCUT2D eigenvalue weighted by atomic mass is 31.2. The summed E-state index contributed by atoms with van der Waals surface area (Å²) < 4.78 is 69.1. The number of unbranched alkanes of at least 4 members (excludes halogenated alkanes) is 55. The van der Waals surface area contributed by atoms with Crippen molar-refractivity contribution in [2.75, 3.05) is 39.6 Å². The van der Waals surface area contributed by atoms with Gasteiger partial charge in [0.05, 0.1) is 26.4 Å².